The molecule has 2 saturated heterocycles. The van der Waals surface area contributed by atoms with Gasteiger partial charge in [-0.05, 0) is 73.1 Å². The third-order valence-electron chi connectivity index (χ3n) is 5.33. The number of halogens is 1. The first-order valence-electron chi connectivity index (χ1n) is 11.7. The number of carbonyl (C=O) groups excluding carboxylic acids is 4. The van der Waals surface area contributed by atoms with Gasteiger partial charge in [-0.2, -0.15) is 0 Å². The summed E-state index contributed by atoms with van der Waals surface area (Å²) in [5.41, 5.74) is -1.01. The van der Waals surface area contributed by atoms with Gasteiger partial charge in [0.1, 0.15) is 28.3 Å². The number of hydrogen-bond donors (Lipinski definition) is 0. The number of ether oxygens (including phenoxy) is 2. The molecule has 0 saturated carbocycles. The van der Waals surface area contributed by atoms with Crippen LogP contribution >= 0.6 is 23.4 Å². The molecule has 3 rings (SSSR count). The lowest BCUT2D eigenvalue weighted by Gasteiger charge is -2.45. The van der Waals surface area contributed by atoms with Gasteiger partial charge in [-0.1, -0.05) is 23.7 Å². The Morgan fingerprint density at radius 3 is 2.11 bits per heavy atom. The molecule has 2 heterocycles. The van der Waals surface area contributed by atoms with Crippen molar-refractivity contribution in [1.82, 2.24) is 9.80 Å². The lowest BCUT2D eigenvalue weighted by Crippen LogP contribution is -2.67. The van der Waals surface area contributed by atoms with Gasteiger partial charge < -0.3 is 9.47 Å². The Balaban J connectivity index is 1.91. The highest BCUT2D eigenvalue weighted by atomic mass is 35.5. The van der Waals surface area contributed by atoms with E-state index in [1.165, 1.54) is 21.6 Å². The van der Waals surface area contributed by atoms with Crippen LogP contribution in [0.2, 0.25) is 5.02 Å². The first-order chi connectivity index (χ1) is 16.4. The summed E-state index contributed by atoms with van der Waals surface area (Å²) in [4.78, 5) is 54.3. The van der Waals surface area contributed by atoms with Crippen molar-refractivity contribution in [3.63, 3.8) is 0 Å². The number of likely N-dealkylation sites (tertiary alicyclic amines) is 1. The molecule has 2 aliphatic heterocycles. The van der Waals surface area contributed by atoms with Crippen molar-refractivity contribution in [2.45, 2.75) is 89.3 Å². The number of ketones is 1. The highest BCUT2D eigenvalue weighted by Gasteiger charge is 2.65. The van der Waals surface area contributed by atoms with Crippen molar-refractivity contribution in [2.75, 3.05) is 0 Å². The molecule has 2 amide bonds. The van der Waals surface area contributed by atoms with Gasteiger partial charge in [0.15, 0.2) is 5.78 Å². The van der Waals surface area contributed by atoms with E-state index in [0.717, 1.165) is 6.08 Å². The second-order valence-corrected chi connectivity index (χ2v) is 13.4. The lowest BCUT2D eigenvalue weighted by atomic mass is 10.0. The Kier molecular flexibility index (Phi) is 7.59. The maximum atomic E-state index is 13.4. The number of benzene rings is 1. The van der Waals surface area contributed by atoms with Gasteiger partial charge in [0.05, 0.1) is 4.87 Å². The van der Waals surface area contributed by atoms with Gasteiger partial charge in [0.25, 0.3) is 5.91 Å². The Hall–Kier alpha value is -2.52. The number of β-lactam (4-membered cyclic amide) rings is 1. The summed E-state index contributed by atoms with van der Waals surface area (Å²) in [6, 6.07) is 5.97. The fourth-order valence-corrected chi connectivity index (χ4v) is 5.66. The number of hydrogen-bond acceptors (Lipinski definition) is 7. The van der Waals surface area contributed by atoms with E-state index in [1.807, 2.05) is 13.8 Å². The molecule has 2 fully saturated rings. The Labute approximate surface area is 221 Å². The van der Waals surface area contributed by atoms with E-state index >= 15 is 0 Å². The van der Waals surface area contributed by atoms with Crippen LogP contribution in [0, 0.1) is 0 Å². The predicted octanol–water partition coefficient (Wildman–Crippen LogP) is 4.93. The molecule has 1 aromatic rings. The number of thioether (sulfide) groups is 1. The SMILES string of the molecule is CC(C)(C)OC(=O)C(=CC(=O)Cc1ccc(Cl)cc1)N1C(=O)C2C1SC(C)(C)N2C(=O)OC(C)(C)C. The average Bonchev–Trinajstić information content (AvgIpc) is 2.94. The third-order valence-corrected chi connectivity index (χ3v) is 7.07. The summed E-state index contributed by atoms with van der Waals surface area (Å²) >= 11 is 7.27. The molecule has 2 unspecified atom stereocenters. The van der Waals surface area contributed by atoms with Crippen LogP contribution in [0.1, 0.15) is 61.0 Å². The molecule has 0 aromatic heterocycles. The van der Waals surface area contributed by atoms with Crippen LogP contribution in [0.5, 0.6) is 0 Å². The zero-order valence-corrected chi connectivity index (χ0v) is 23.5. The smallest absolute Gasteiger partial charge is 0.412 e. The summed E-state index contributed by atoms with van der Waals surface area (Å²) in [5.74, 6) is -1.63. The first kappa shape index (κ1) is 28.1. The van der Waals surface area contributed by atoms with Gasteiger partial charge in [-0.3, -0.25) is 19.4 Å². The molecule has 1 aromatic carbocycles. The minimum absolute atomic E-state index is 0.0161. The fraction of sp³-hybridized carbons (Fsp3) is 0.538. The van der Waals surface area contributed by atoms with Crippen LogP contribution in [0.4, 0.5) is 4.79 Å². The van der Waals surface area contributed by atoms with E-state index in [9.17, 15) is 19.2 Å². The summed E-state index contributed by atoms with van der Waals surface area (Å²) in [7, 11) is 0. The van der Waals surface area contributed by atoms with Crippen LogP contribution in [0.3, 0.4) is 0 Å². The second-order valence-electron chi connectivity index (χ2n) is 11.3. The lowest BCUT2D eigenvalue weighted by molar-refractivity contribution is -0.160. The standard InChI is InChI=1S/C26H33ClN2O6S/c1-24(2,3)34-22(32)18(14-17(30)13-15-9-11-16(27)12-10-15)28-20(31)19-21(28)36-26(7,8)29(19)23(33)35-25(4,5)6/h9-12,14,19,21H,13H2,1-8H3. The van der Waals surface area contributed by atoms with E-state index in [-0.39, 0.29) is 17.9 Å². The molecule has 0 radical (unpaired) electrons. The molecule has 0 spiro atoms. The third kappa shape index (κ3) is 6.24. The Morgan fingerprint density at radius 1 is 1.03 bits per heavy atom. The number of amides is 2. The average molecular weight is 537 g/mol. The van der Waals surface area contributed by atoms with Crippen molar-refractivity contribution in [1.29, 1.82) is 0 Å². The molecule has 2 aliphatic rings. The monoisotopic (exact) mass is 536 g/mol. The van der Waals surface area contributed by atoms with Crippen molar-refractivity contribution in [2.24, 2.45) is 0 Å². The number of rotatable bonds is 5. The normalized spacial score (nSPS) is 21.6. The van der Waals surface area contributed by atoms with Gasteiger partial charge in [0, 0.05) is 17.5 Å². The quantitative estimate of drug-likeness (QED) is 0.299. The predicted molar refractivity (Wildman–Crippen MR) is 138 cm³/mol. The van der Waals surface area contributed by atoms with Crippen LogP contribution in [0.15, 0.2) is 36.0 Å². The second kappa shape index (κ2) is 9.74. The summed E-state index contributed by atoms with van der Waals surface area (Å²) in [6.45, 7) is 14.0. The van der Waals surface area contributed by atoms with Gasteiger partial charge in [-0.25, -0.2) is 9.59 Å². The van der Waals surface area contributed by atoms with Crippen molar-refractivity contribution < 1.29 is 28.7 Å². The van der Waals surface area contributed by atoms with Crippen LogP contribution in [-0.2, 0) is 30.3 Å². The number of fused-ring (bicyclic) bond motifs is 1. The highest BCUT2D eigenvalue weighted by Crippen LogP contribution is 2.52. The number of carbonyl (C=O) groups is 4. The molecule has 10 heteroatoms. The zero-order valence-electron chi connectivity index (χ0n) is 21.9. The maximum Gasteiger partial charge on any atom is 0.412 e. The molecule has 2 atom stereocenters. The Morgan fingerprint density at radius 2 is 1.58 bits per heavy atom. The largest absolute Gasteiger partial charge is 0.455 e. The topological polar surface area (TPSA) is 93.2 Å². The molecule has 8 nitrogen and oxygen atoms in total. The highest BCUT2D eigenvalue weighted by molar-refractivity contribution is 8.01. The van der Waals surface area contributed by atoms with E-state index in [1.54, 1.807) is 65.8 Å². The molecule has 0 bridgehead atoms. The summed E-state index contributed by atoms with van der Waals surface area (Å²) in [5, 5.41) is -0.0223. The molecular weight excluding hydrogens is 504 g/mol. The number of nitrogens with zero attached hydrogens (tertiary/aromatic N) is 2. The van der Waals surface area contributed by atoms with Crippen molar-refractivity contribution >= 4 is 47.1 Å². The molecule has 36 heavy (non-hydrogen) atoms. The van der Waals surface area contributed by atoms with Gasteiger partial charge in [0.2, 0.25) is 0 Å². The molecular formula is C26H33ClN2O6S. The van der Waals surface area contributed by atoms with E-state index in [0.29, 0.717) is 10.6 Å². The number of allylic oxidation sites excluding steroid dienone is 1. The molecule has 196 valence electrons. The zero-order chi connectivity index (χ0) is 27.2. The Bertz CT molecular complexity index is 1100. The van der Waals surface area contributed by atoms with Crippen LogP contribution < -0.4 is 0 Å². The van der Waals surface area contributed by atoms with E-state index < -0.39 is 45.5 Å². The number of esters is 1. The van der Waals surface area contributed by atoms with E-state index in [4.69, 9.17) is 21.1 Å². The van der Waals surface area contributed by atoms with E-state index in [2.05, 4.69) is 0 Å². The maximum absolute atomic E-state index is 13.4. The van der Waals surface area contributed by atoms with Crippen LogP contribution in [-0.4, -0.2) is 61.0 Å². The molecule has 0 aliphatic carbocycles. The van der Waals surface area contributed by atoms with Crippen molar-refractivity contribution in [3.8, 4) is 0 Å². The van der Waals surface area contributed by atoms with Gasteiger partial charge >= 0.3 is 12.1 Å². The van der Waals surface area contributed by atoms with Gasteiger partial charge in [-0.15, -0.1) is 11.8 Å². The minimum Gasteiger partial charge on any atom is -0.455 e. The summed E-state index contributed by atoms with van der Waals surface area (Å²) < 4.78 is 11.1. The first-order valence-corrected chi connectivity index (χ1v) is 12.9. The van der Waals surface area contributed by atoms with Crippen LogP contribution in [0.25, 0.3) is 0 Å². The minimum atomic E-state index is -0.840. The van der Waals surface area contributed by atoms with Crippen molar-refractivity contribution in [3.05, 3.63) is 46.6 Å². The summed E-state index contributed by atoms with van der Waals surface area (Å²) in [6.07, 6.45) is 0.560. The fourth-order valence-electron chi connectivity index (χ4n) is 3.96. The molecule has 0 N–H and O–H groups in total.